The number of ether oxygens (including phenoxy) is 1. The van der Waals surface area contributed by atoms with Crippen LogP contribution in [0.5, 0.6) is 5.75 Å². The first-order valence-corrected chi connectivity index (χ1v) is 11.1. The summed E-state index contributed by atoms with van der Waals surface area (Å²) < 4.78 is 6.36. The summed E-state index contributed by atoms with van der Waals surface area (Å²) in [7, 11) is 0. The Morgan fingerprint density at radius 2 is 1.93 bits per heavy atom. The van der Waals surface area contributed by atoms with E-state index >= 15 is 0 Å². The van der Waals surface area contributed by atoms with Gasteiger partial charge in [0.15, 0.2) is 0 Å². The number of hydrogen-bond donors (Lipinski definition) is 1. The monoisotopic (exact) mass is 421 g/mol. The highest BCUT2D eigenvalue weighted by Crippen LogP contribution is 2.30. The third-order valence-corrected chi connectivity index (χ3v) is 6.37. The molecule has 4 rings (SSSR count). The number of carbonyl (C=O) groups is 1. The van der Waals surface area contributed by atoms with Crippen molar-refractivity contribution in [3.05, 3.63) is 81.3 Å². The quantitative estimate of drug-likeness (QED) is 0.652. The van der Waals surface area contributed by atoms with Gasteiger partial charge in [-0.25, -0.2) is 4.98 Å². The van der Waals surface area contributed by atoms with Crippen LogP contribution in [-0.2, 0) is 17.8 Å². The Morgan fingerprint density at radius 1 is 1.17 bits per heavy atom. The number of carbonyl (C=O) groups excluding carboxylic acids is 1. The zero-order valence-corrected chi connectivity index (χ0v) is 18.2. The average molecular weight is 422 g/mol. The number of benzene rings is 2. The molecule has 0 saturated heterocycles. The molecule has 1 atom stereocenters. The Hall–Kier alpha value is -2.70. The summed E-state index contributed by atoms with van der Waals surface area (Å²) in [5.74, 6) is 0.988. The van der Waals surface area contributed by atoms with Crippen LogP contribution in [0.4, 0.5) is 0 Å². The minimum Gasteiger partial charge on any atom is -0.484 e. The Labute approximate surface area is 181 Å². The van der Waals surface area contributed by atoms with Gasteiger partial charge < -0.3 is 10.1 Å². The molecule has 0 bridgehead atoms. The standard InChI is InChI=1S/C24H27N3O2S/c1-17-23(30-18(2)26-17)14-24(28)25-12-13-27-15-20-10-6-7-11-21(20)29-22(16-27)19-8-4-3-5-9-19/h3-11,22H,12-16H2,1-2H3,(H,25,28). The SMILES string of the molecule is Cc1nc(C)c(CC(=O)NCCN2Cc3ccccc3OC(c3ccccc3)C2)s1. The second-order valence-corrected chi connectivity index (χ2v) is 8.92. The number of amides is 1. The molecular formula is C24H27N3O2S. The van der Waals surface area contributed by atoms with Crippen molar-refractivity contribution in [1.82, 2.24) is 15.2 Å². The van der Waals surface area contributed by atoms with Crippen LogP contribution >= 0.6 is 11.3 Å². The number of aromatic nitrogens is 1. The lowest BCUT2D eigenvalue weighted by atomic mass is 10.1. The lowest BCUT2D eigenvalue weighted by Crippen LogP contribution is -2.37. The summed E-state index contributed by atoms with van der Waals surface area (Å²) in [6, 6.07) is 18.5. The zero-order valence-electron chi connectivity index (χ0n) is 17.4. The van der Waals surface area contributed by atoms with Gasteiger partial charge in [-0.05, 0) is 25.5 Å². The summed E-state index contributed by atoms with van der Waals surface area (Å²) in [5.41, 5.74) is 3.30. The van der Waals surface area contributed by atoms with Crippen molar-refractivity contribution in [1.29, 1.82) is 0 Å². The summed E-state index contributed by atoms with van der Waals surface area (Å²) in [4.78, 5) is 20.2. The minimum absolute atomic E-state index is 0.0339. The fraction of sp³-hybridized carbons (Fsp3) is 0.333. The normalized spacial score (nSPS) is 16.4. The maximum Gasteiger partial charge on any atom is 0.225 e. The molecule has 0 radical (unpaired) electrons. The smallest absolute Gasteiger partial charge is 0.225 e. The van der Waals surface area contributed by atoms with Gasteiger partial charge in [-0.2, -0.15) is 0 Å². The van der Waals surface area contributed by atoms with Gasteiger partial charge in [0.05, 0.1) is 17.1 Å². The van der Waals surface area contributed by atoms with E-state index in [4.69, 9.17) is 4.74 Å². The predicted octanol–water partition coefficient (Wildman–Crippen LogP) is 4.05. The molecule has 30 heavy (non-hydrogen) atoms. The molecular weight excluding hydrogens is 394 g/mol. The van der Waals surface area contributed by atoms with Crippen LogP contribution in [0.15, 0.2) is 54.6 Å². The molecule has 2 aromatic carbocycles. The lowest BCUT2D eigenvalue weighted by molar-refractivity contribution is -0.120. The number of aryl methyl sites for hydroxylation is 2. The van der Waals surface area contributed by atoms with E-state index in [1.165, 1.54) is 11.1 Å². The fourth-order valence-corrected chi connectivity index (χ4v) is 4.73. The minimum atomic E-state index is -0.0339. The van der Waals surface area contributed by atoms with Crippen molar-refractivity contribution >= 4 is 17.2 Å². The highest BCUT2D eigenvalue weighted by atomic mass is 32.1. The van der Waals surface area contributed by atoms with E-state index in [2.05, 4.69) is 33.4 Å². The molecule has 6 heteroatoms. The third-order valence-electron chi connectivity index (χ3n) is 5.30. The summed E-state index contributed by atoms with van der Waals surface area (Å²) >= 11 is 1.60. The summed E-state index contributed by atoms with van der Waals surface area (Å²) in [6.45, 7) is 6.91. The lowest BCUT2D eigenvalue weighted by Gasteiger charge is -2.24. The van der Waals surface area contributed by atoms with Crippen molar-refractivity contribution < 1.29 is 9.53 Å². The molecule has 156 valence electrons. The first kappa shape index (κ1) is 20.6. The van der Waals surface area contributed by atoms with Gasteiger partial charge in [-0.15, -0.1) is 11.3 Å². The Kier molecular flexibility index (Phi) is 6.45. The van der Waals surface area contributed by atoms with Gasteiger partial charge in [0.25, 0.3) is 0 Å². The predicted molar refractivity (Wildman–Crippen MR) is 120 cm³/mol. The van der Waals surface area contributed by atoms with E-state index in [0.717, 1.165) is 41.0 Å². The molecule has 2 heterocycles. The van der Waals surface area contributed by atoms with Crippen molar-refractivity contribution in [2.45, 2.75) is 32.9 Å². The number of nitrogens with zero attached hydrogens (tertiary/aromatic N) is 2. The van der Waals surface area contributed by atoms with Crippen LogP contribution in [-0.4, -0.2) is 35.4 Å². The Morgan fingerprint density at radius 3 is 2.70 bits per heavy atom. The van der Waals surface area contributed by atoms with E-state index in [0.29, 0.717) is 13.0 Å². The Bertz CT molecular complexity index is 1000. The molecule has 0 spiro atoms. The number of rotatable bonds is 6. The van der Waals surface area contributed by atoms with Crippen molar-refractivity contribution in [2.24, 2.45) is 0 Å². The van der Waals surface area contributed by atoms with Gasteiger partial charge >= 0.3 is 0 Å². The van der Waals surface area contributed by atoms with Crippen LogP contribution in [0.2, 0.25) is 0 Å². The topological polar surface area (TPSA) is 54.5 Å². The second-order valence-electron chi connectivity index (χ2n) is 7.63. The largest absolute Gasteiger partial charge is 0.484 e. The molecule has 0 fully saturated rings. The molecule has 3 aromatic rings. The maximum absolute atomic E-state index is 12.4. The number of fused-ring (bicyclic) bond motifs is 1. The average Bonchev–Trinajstić information content (AvgIpc) is 2.95. The molecule has 1 aliphatic rings. The van der Waals surface area contributed by atoms with E-state index in [9.17, 15) is 4.79 Å². The van der Waals surface area contributed by atoms with Crippen LogP contribution < -0.4 is 10.1 Å². The van der Waals surface area contributed by atoms with Gasteiger partial charge in [0.2, 0.25) is 5.91 Å². The summed E-state index contributed by atoms with van der Waals surface area (Å²) in [5, 5.41) is 4.08. The molecule has 1 aromatic heterocycles. The van der Waals surface area contributed by atoms with E-state index in [1.54, 1.807) is 11.3 Å². The number of thiazole rings is 1. The highest BCUT2D eigenvalue weighted by Gasteiger charge is 2.24. The van der Waals surface area contributed by atoms with Crippen LogP contribution in [0.3, 0.4) is 0 Å². The van der Waals surface area contributed by atoms with Gasteiger partial charge in [0.1, 0.15) is 11.9 Å². The van der Waals surface area contributed by atoms with Crippen LogP contribution in [0.25, 0.3) is 0 Å². The molecule has 1 aliphatic heterocycles. The maximum atomic E-state index is 12.4. The molecule has 0 saturated carbocycles. The number of para-hydroxylation sites is 1. The number of hydrogen-bond acceptors (Lipinski definition) is 5. The van der Waals surface area contributed by atoms with E-state index < -0.39 is 0 Å². The summed E-state index contributed by atoms with van der Waals surface area (Å²) in [6.07, 6.45) is 0.365. The van der Waals surface area contributed by atoms with Crippen molar-refractivity contribution in [2.75, 3.05) is 19.6 Å². The van der Waals surface area contributed by atoms with Crippen LogP contribution in [0.1, 0.15) is 32.8 Å². The van der Waals surface area contributed by atoms with Crippen LogP contribution in [0, 0.1) is 13.8 Å². The molecule has 5 nitrogen and oxygen atoms in total. The van der Waals surface area contributed by atoms with E-state index in [1.807, 2.05) is 50.2 Å². The molecule has 1 N–H and O–H groups in total. The van der Waals surface area contributed by atoms with Gasteiger partial charge in [0, 0.05) is 36.6 Å². The zero-order chi connectivity index (χ0) is 20.9. The highest BCUT2D eigenvalue weighted by molar-refractivity contribution is 7.11. The van der Waals surface area contributed by atoms with Gasteiger partial charge in [-0.1, -0.05) is 48.5 Å². The second kappa shape index (κ2) is 9.41. The molecule has 1 amide bonds. The van der Waals surface area contributed by atoms with Crippen molar-refractivity contribution in [3.63, 3.8) is 0 Å². The first-order valence-electron chi connectivity index (χ1n) is 10.3. The first-order chi connectivity index (χ1) is 14.6. The third kappa shape index (κ3) is 5.07. The molecule has 1 unspecified atom stereocenters. The van der Waals surface area contributed by atoms with Crippen molar-refractivity contribution in [3.8, 4) is 5.75 Å². The Balaban J connectivity index is 1.39. The van der Waals surface area contributed by atoms with Gasteiger partial charge in [-0.3, -0.25) is 9.69 Å². The van der Waals surface area contributed by atoms with E-state index in [-0.39, 0.29) is 12.0 Å². The number of nitrogens with one attached hydrogen (secondary N) is 1. The fourth-order valence-electron chi connectivity index (χ4n) is 3.79. The molecule has 0 aliphatic carbocycles.